The second-order valence-corrected chi connectivity index (χ2v) is 0.488. The first-order valence-electron chi connectivity index (χ1n) is 1.55. The molecule has 0 atom stereocenters. The van der Waals surface area contributed by atoms with Crippen LogP contribution in [-0.2, 0) is 0 Å². The van der Waals surface area contributed by atoms with Gasteiger partial charge in [0.25, 0.3) is 0 Å². The monoisotopic (exact) mass is 99.0 g/mol. The lowest BCUT2D eigenvalue weighted by molar-refractivity contribution is 0.725. The summed E-state index contributed by atoms with van der Waals surface area (Å²) in [5.74, 6) is 0. The highest BCUT2D eigenvalue weighted by Gasteiger charge is 1.34. The molecule has 0 aromatic carbocycles. The summed E-state index contributed by atoms with van der Waals surface area (Å²) < 4.78 is 10.1. The highest BCUT2D eigenvalue weighted by atomic mass is 19.1. The fourth-order valence-electron chi connectivity index (χ4n) is 0. The van der Waals surface area contributed by atoms with Gasteiger partial charge in [0.1, 0.15) is 0 Å². The van der Waals surface area contributed by atoms with Gasteiger partial charge in [-0.3, -0.25) is 0 Å². The molecule has 0 aliphatic rings. The summed E-state index contributed by atoms with van der Waals surface area (Å²) >= 11 is 0. The van der Waals surface area contributed by atoms with Crippen LogP contribution >= 0.6 is 0 Å². The first-order chi connectivity index (χ1) is 3.33. The van der Waals surface area contributed by atoms with Gasteiger partial charge in [0.05, 0.1) is 12.4 Å². The second kappa shape index (κ2) is 20.6. The highest BCUT2D eigenvalue weighted by Crippen LogP contribution is 1.48. The van der Waals surface area contributed by atoms with Crippen molar-refractivity contribution in [3.05, 3.63) is 25.6 Å². The number of halogens is 1. The molecular formula is C5H6FN. The predicted molar refractivity (Wildman–Crippen MR) is 27.1 cm³/mol. The van der Waals surface area contributed by atoms with Crippen molar-refractivity contribution in [3.8, 4) is 6.07 Å². The van der Waals surface area contributed by atoms with E-state index in [1.54, 1.807) is 6.07 Å². The fourth-order valence-corrected chi connectivity index (χ4v) is 0. The zero-order valence-electron chi connectivity index (χ0n) is 3.89. The molecule has 0 heterocycles. The Bertz CT molecular complexity index is 80.6. The van der Waals surface area contributed by atoms with Gasteiger partial charge in [-0.05, 0) is 0 Å². The number of hydrogen-bond donors (Lipinski definition) is 0. The Morgan fingerprint density at radius 1 is 1.57 bits per heavy atom. The Kier molecular flexibility index (Phi) is 27.5. The first-order valence-corrected chi connectivity index (χ1v) is 1.55. The minimum atomic E-state index is 0.250. The molecular weight excluding hydrogens is 93.1 g/mol. The molecule has 0 unspecified atom stereocenters. The van der Waals surface area contributed by atoms with Crippen LogP contribution in [0.25, 0.3) is 0 Å². The summed E-state index contributed by atoms with van der Waals surface area (Å²) in [5, 5.41) is 7.51. The third-order valence-corrected chi connectivity index (χ3v) is 0.0913. The van der Waals surface area contributed by atoms with Crippen LogP contribution in [0.2, 0.25) is 0 Å². The Morgan fingerprint density at radius 2 is 1.71 bits per heavy atom. The Morgan fingerprint density at radius 3 is 1.71 bits per heavy atom. The van der Waals surface area contributed by atoms with Crippen molar-refractivity contribution in [2.24, 2.45) is 0 Å². The largest absolute Gasteiger partial charge is 0.216 e. The van der Waals surface area contributed by atoms with E-state index in [4.69, 9.17) is 5.26 Å². The fraction of sp³-hybridized carbons (Fsp3) is 0. The van der Waals surface area contributed by atoms with Gasteiger partial charge < -0.3 is 0 Å². The second-order valence-electron chi connectivity index (χ2n) is 0.488. The molecule has 0 aromatic heterocycles. The summed E-state index contributed by atoms with van der Waals surface area (Å²) in [5.41, 5.74) is 0. The first kappa shape index (κ1) is 9.31. The molecule has 0 saturated heterocycles. The van der Waals surface area contributed by atoms with Crippen LogP contribution in [0.15, 0.2) is 25.6 Å². The lowest BCUT2D eigenvalue weighted by atomic mass is 10.8. The average molecular weight is 99.1 g/mol. The zero-order valence-corrected chi connectivity index (χ0v) is 3.89. The van der Waals surface area contributed by atoms with E-state index in [9.17, 15) is 4.39 Å². The molecule has 0 fully saturated rings. The topological polar surface area (TPSA) is 23.8 Å². The van der Waals surface area contributed by atoms with Crippen LogP contribution in [0, 0.1) is 11.3 Å². The van der Waals surface area contributed by atoms with Crippen LogP contribution < -0.4 is 0 Å². The number of rotatable bonds is 0. The molecule has 0 amide bonds. The maximum atomic E-state index is 10.1. The molecule has 0 rings (SSSR count). The van der Waals surface area contributed by atoms with Crippen molar-refractivity contribution in [2.45, 2.75) is 0 Å². The predicted octanol–water partition coefficient (Wildman–Crippen LogP) is 1.80. The van der Waals surface area contributed by atoms with E-state index in [1.165, 1.54) is 6.08 Å². The summed E-state index contributed by atoms with van der Waals surface area (Å²) in [7, 11) is 0. The molecule has 0 aromatic rings. The standard InChI is InChI=1S/C3H3N.C2H3F/c1-2-3-4;1-2-3/h2H,1H2;2H,1H2. The van der Waals surface area contributed by atoms with E-state index in [1.807, 2.05) is 0 Å². The molecule has 0 aliphatic carbocycles. The van der Waals surface area contributed by atoms with Gasteiger partial charge in [-0.2, -0.15) is 5.26 Å². The van der Waals surface area contributed by atoms with Crippen molar-refractivity contribution in [3.63, 3.8) is 0 Å². The third-order valence-electron chi connectivity index (χ3n) is 0.0913. The maximum Gasteiger partial charge on any atom is 0.0905 e. The van der Waals surface area contributed by atoms with E-state index in [0.717, 1.165) is 0 Å². The summed E-state index contributed by atoms with van der Waals surface area (Å²) in [6.45, 7) is 5.81. The lowest BCUT2D eigenvalue weighted by Crippen LogP contribution is -1.23. The number of nitriles is 1. The van der Waals surface area contributed by atoms with E-state index >= 15 is 0 Å². The quantitative estimate of drug-likeness (QED) is 0.425. The van der Waals surface area contributed by atoms with Gasteiger partial charge in [0.2, 0.25) is 0 Å². The lowest BCUT2D eigenvalue weighted by Gasteiger charge is -1.31. The van der Waals surface area contributed by atoms with Crippen molar-refractivity contribution >= 4 is 0 Å². The van der Waals surface area contributed by atoms with Crippen LogP contribution in [0.1, 0.15) is 0 Å². The summed E-state index contributed by atoms with van der Waals surface area (Å²) in [6.07, 6.45) is 1.43. The molecule has 0 saturated carbocycles. The molecule has 0 spiro atoms. The van der Waals surface area contributed by atoms with E-state index in [-0.39, 0.29) is 6.33 Å². The van der Waals surface area contributed by atoms with Crippen molar-refractivity contribution in [2.75, 3.05) is 0 Å². The molecule has 7 heavy (non-hydrogen) atoms. The van der Waals surface area contributed by atoms with Gasteiger partial charge in [-0.1, -0.05) is 13.2 Å². The Labute approximate surface area is 42.4 Å². The minimum Gasteiger partial charge on any atom is -0.216 e. The van der Waals surface area contributed by atoms with E-state index in [0.29, 0.717) is 0 Å². The van der Waals surface area contributed by atoms with Gasteiger partial charge in [0, 0.05) is 6.08 Å². The van der Waals surface area contributed by atoms with E-state index in [2.05, 4.69) is 13.2 Å². The molecule has 1 nitrogen and oxygen atoms in total. The molecule has 0 N–H and O–H groups in total. The van der Waals surface area contributed by atoms with Crippen molar-refractivity contribution < 1.29 is 4.39 Å². The Balaban J connectivity index is 0. The molecule has 0 bridgehead atoms. The summed E-state index contributed by atoms with van der Waals surface area (Å²) in [6, 6.07) is 1.69. The molecule has 38 valence electrons. The van der Waals surface area contributed by atoms with Crippen LogP contribution in [0.5, 0.6) is 0 Å². The average Bonchev–Trinajstić information content (AvgIpc) is 1.69. The minimum absolute atomic E-state index is 0.250. The summed E-state index contributed by atoms with van der Waals surface area (Å²) in [4.78, 5) is 0. The smallest absolute Gasteiger partial charge is 0.0905 e. The van der Waals surface area contributed by atoms with Crippen LogP contribution in [0.3, 0.4) is 0 Å². The van der Waals surface area contributed by atoms with Gasteiger partial charge in [-0.25, -0.2) is 4.39 Å². The Hall–Kier alpha value is -1.10. The van der Waals surface area contributed by atoms with Gasteiger partial charge in [-0.15, -0.1) is 0 Å². The van der Waals surface area contributed by atoms with Crippen LogP contribution in [-0.4, -0.2) is 0 Å². The molecule has 0 aliphatic heterocycles. The molecule has 0 radical (unpaired) electrons. The third kappa shape index (κ3) is 4120. The highest BCUT2D eigenvalue weighted by molar-refractivity contribution is 4.93. The van der Waals surface area contributed by atoms with Gasteiger partial charge >= 0.3 is 0 Å². The zero-order chi connectivity index (χ0) is 6.12. The van der Waals surface area contributed by atoms with Crippen molar-refractivity contribution in [1.29, 1.82) is 5.26 Å². The number of allylic oxidation sites excluding steroid dienone is 1. The molecule has 2 heteroatoms. The normalized spacial score (nSPS) is 4.00. The van der Waals surface area contributed by atoms with Crippen LogP contribution in [0.4, 0.5) is 4.39 Å². The maximum absolute atomic E-state index is 10.1. The van der Waals surface area contributed by atoms with Crippen molar-refractivity contribution in [1.82, 2.24) is 0 Å². The number of hydrogen-bond acceptors (Lipinski definition) is 1. The SMILES string of the molecule is C=CC#N.C=CF. The number of nitrogens with zero attached hydrogens (tertiary/aromatic N) is 1. The van der Waals surface area contributed by atoms with E-state index < -0.39 is 0 Å². The van der Waals surface area contributed by atoms with Gasteiger partial charge in [0.15, 0.2) is 0 Å².